The zero-order valence-corrected chi connectivity index (χ0v) is 13.8. The summed E-state index contributed by atoms with van der Waals surface area (Å²) in [7, 11) is 0. The van der Waals surface area contributed by atoms with E-state index in [9.17, 15) is 22.4 Å². The fraction of sp³-hybridized carbons (Fsp3) is 0.412. The van der Waals surface area contributed by atoms with E-state index in [1.165, 1.54) is 18.2 Å². The number of benzene rings is 1. The molecule has 5 nitrogen and oxygen atoms in total. The third kappa shape index (κ3) is 3.87. The van der Waals surface area contributed by atoms with E-state index in [1.54, 1.807) is 0 Å². The third-order valence-electron chi connectivity index (χ3n) is 4.31. The Hall–Kier alpha value is -2.42. The van der Waals surface area contributed by atoms with Crippen LogP contribution in [-0.2, 0) is 6.18 Å². The minimum atomic E-state index is -4.86. The van der Waals surface area contributed by atoms with Gasteiger partial charge in [0.2, 0.25) is 0 Å². The van der Waals surface area contributed by atoms with Crippen molar-refractivity contribution in [3.63, 3.8) is 0 Å². The lowest BCUT2D eigenvalue weighted by Gasteiger charge is -2.22. The van der Waals surface area contributed by atoms with Crippen LogP contribution in [-0.4, -0.2) is 35.3 Å². The first-order chi connectivity index (χ1) is 12.4. The normalized spacial score (nSPS) is 17.9. The molecule has 0 saturated carbocycles. The second-order valence-corrected chi connectivity index (χ2v) is 6.19. The number of alkyl halides is 3. The van der Waals surface area contributed by atoms with Gasteiger partial charge in [0, 0.05) is 6.54 Å². The number of amides is 1. The van der Waals surface area contributed by atoms with Crippen LogP contribution < -0.4 is 10.6 Å². The molecule has 0 aliphatic carbocycles. The molecular formula is C17H18F4N4O. The largest absolute Gasteiger partial charge is 0.434 e. The number of halogens is 4. The molecule has 2 N–H and O–H groups in total. The lowest BCUT2D eigenvalue weighted by Crippen LogP contribution is -2.38. The number of hydrogen-bond donors (Lipinski definition) is 2. The van der Waals surface area contributed by atoms with E-state index >= 15 is 0 Å². The van der Waals surface area contributed by atoms with Gasteiger partial charge in [0.05, 0.1) is 11.8 Å². The van der Waals surface area contributed by atoms with Crippen LogP contribution in [0.3, 0.4) is 0 Å². The van der Waals surface area contributed by atoms with E-state index in [1.807, 2.05) is 0 Å². The van der Waals surface area contributed by atoms with Crippen LogP contribution in [0.5, 0.6) is 0 Å². The highest BCUT2D eigenvalue weighted by Gasteiger charge is 2.41. The Morgan fingerprint density at radius 3 is 2.77 bits per heavy atom. The van der Waals surface area contributed by atoms with Gasteiger partial charge in [0.1, 0.15) is 11.5 Å². The van der Waals surface area contributed by atoms with Crippen LogP contribution >= 0.6 is 0 Å². The topological polar surface area (TPSA) is 59.0 Å². The minimum Gasteiger partial charge on any atom is -0.352 e. The Kier molecular flexibility index (Phi) is 5.26. The quantitative estimate of drug-likeness (QED) is 0.814. The summed E-state index contributed by atoms with van der Waals surface area (Å²) < 4.78 is 55.0. The van der Waals surface area contributed by atoms with Gasteiger partial charge >= 0.3 is 6.18 Å². The zero-order valence-electron chi connectivity index (χ0n) is 13.8. The molecule has 1 aliphatic heterocycles. The van der Waals surface area contributed by atoms with Gasteiger partial charge in [-0.25, -0.2) is 9.07 Å². The Morgan fingerprint density at radius 2 is 2.12 bits per heavy atom. The molecule has 2 heterocycles. The molecule has 9 heteroatoms. The molecule has 1 aromatic heterocycles. The Bertz CT molecular complexity index is 781. The summed E-state index contributed by atoms with van der Waals surface area (Å²) >= 11 is 0. The number of rotatable bonds is 4. The summed E-state index contributed by atoms with van der Waals surface area (Å²) in [6, 6.07) is 4.97. The van der Waals surface area contributed by atoms with Crippen molar-refractivity contribution >= 4 is 5.91 Å². The molecule has 1 saturated heterocycles. The molecule has 0 bridgehead atoms. The standard InChI is InChI=1S/C17H18F4N4O/c18-13-5-1-2-6-14(13)25-15(17(19,20)21)12(10-24-25)16(26)23-9-11-4-3-7-22-8-11/h1-2,5-6,10-11,22H,3-4,7-9H2,(H,23,26). The van der Waals surface area contributed by atoms with Gasteiger partial charge in [0.25, 0.3) is 5.91 Å². The molecule has 1 amide bonds. The molecule has 1 aliphatic rings. The van der Waals surface area contributed by atoms with Crippen LogP contribution in [0.4, 0.5) is 17.6 Å². The third-order valence-corrected chi connectivity index (χ3v) is 4.31. The summed E-state index contributed by atoms with van der Waals surface area (Å²) in [5, 5.41) is 9.32. The highest BCUT2D eigenvalue weighted by Crippen LogP contribution is 2.34. The monoisotopic (exact) mass is 370 g/mol. The number of carbonyl (C=O) groups excluding carboxylic acids is 1. The molecule has 1 aromatic carbocycles. The maximum atomic E-state index is 13.9. The first-order valence-corrected chi connectivity index (χ1v) is 8.27. The lowest BCUT2D eigenvalue weighted by molar-refractivity contribution is -0.143. The SMILES string of the molecule is O=C(NCC1CCCNC1)c1cnn(-c2ccccc2F)c1C(F)(F)F. The summed E-state index contributed by atoms with van der Waals surface area (Å²) in [5.74, 6) is -1.56. The number of carbonyl (C=O) groups is 1. The van der Waals surface area contributed by atoms with Gasteiger partial charge in [-0.05, 0) is 44.0 Å². The summed E-state index contributed by atoms with van der Waals surface area (Å²) in [6.07, 6.45) is -2.19. The van der Waals surface area contributed by atoms with Crippen LogP contribution in [0, 0.1) is 11.7 Å². The second kappa shape index (κ2) is 7.45. The minimum absolute atomic E-state index is 0.170. The van der Waals surface area contributed by atoms with Gasteiger partial charge in [-0.3, -0.25) is 4.79 Å². The fourth-order valence-electron chi connectivity index (χ4n) is 3.02. The van der Waals surface area contributed by atoms with Crippen LogP contribution in [0.1, 0.15) is 28.9 Å². The average Bonchev–Trinajstić information content (AvgIpc) is 3.06. The van der Waals surface area contributed by atoms with Crippen molar-refractivity contribution in [2.24, 2.45) is 5.92 Å². The molecule has 3 rings (SSSR count). The summed E-state index contributed by atoms with van der Waals surface area (Å²) in [4.78, 5) is 12.3. The van der Waals surface area contributed by atoms with Crippen LogP contribution in [0.15, 0.2) is 30.5 Å². The lowest BCUT2D eigenvalue weighted by atomic mass is 9.99. The molecule has 0 radical (unpaired) electrons. The number of nitrogens with zero attached hydrogens (tertiary/aromatic N) is 2. The van der Waals surface area contributed by atoms with Crippen LogP contribution in [0.2, 0.25) is 0 Å². The fourth-order valence-corrected chi connectivity index (χ4v) is 3.02. The molecule has 1 unspecified atom stereocenters. The van der Waals surface area contributed by atoms with E-state index < -0.39 is 29.2 Å². The molecule has 0 spiro atoms. The first-order valence-electron chi connectivity index (χ1n) is 8.27. The molecule has 2 aromatic rings. The van der Waals surface area contributed by atoms with Crippen molar-refractivity contribution < 1.29 is 22.4 Å². The molecule has 140 valence electrons. The number of nitrogens with one attached hydrogen (secondary N) is 2. The van der Waals surface area contributed by atoms with Crippen molar-refractivity contribution in [1.29, 1.82) is 0 Å². The summed E-state index contributed by atoms with van der Waals surface area (Å²) in [6.45, 7) is 1.88. The van der Waals surface area contributed by atoms with Crippen molar-refractivity contribution in [3.05, 3.63) is 47.5 Å². The van der Waals surface area contributed by atoms with E-state index in [0.717, 1.165) is 31.6 Å². The highest BCUT2D eigenvalue weighted by molar-refractivity contribution is 5.95. The van der Waals surface area contributed by atoms with Crippen molar-refractivity contribution in [3.8, 4) is 5.69 Å². The van der Waals surface area contributed by atoms with E-state index in [4.69, 9.17) is 0 Å². The number of piperidine rings is 1. The predicted molar refractivity (Wildman–Crippen MR) is 86.5 cm³/mol. The van der Waals surface area contributed by atoms with Gasteiger partial charge < -0.3 is 10.6 Å². The second-order valence-electron chi connectivity index (χ2n) is 6.19. The Morgan fingerprint density at radius 1 is 1.35 bits per heavy atom. The van der Waals surface area contributed by atoms with E-state index in [2.05, 4.69) is 15.7 Å². The molecule has 1 atom stereocenters. The van der Waals surface area contributed by atoms with Gasteiger partial charge in [0.15, 0.2) is 5.69 Å². The zero-order chi connectivity index (χ0) is 18.7. The van der Waals surface area contributed by atoms with Crippen molar-refractivity contribution in [1.82, 2.24) is 20.4 Å². The maximum absolute atomic E-state index is 13.9. The molecule has 1 fully saturated rings. The first kappa shape index (κ1) is 18.4. The smallest absolute Gasteiger partial charge is 0.352 e. The highest BCUT2D eigenvalue weighted by atomic mass is 19.4. The Labute approximate surface area is 147 Å². The number of hydrogen-bond acceptors (Lipinski definition) is 3. The molecule has 26 heavy (non-hydrogen) atoms. The van der Waals surface area contributed by atoms with Gasteiger partial charge in [-0.2, -0.15) is 18.3 Å². The van der Waals surface area contributed by atoms with Gasteiger partial charge in [-0.15, -0.1) is 0 Å². The number of para-hydroxylation sites is 1. The van der Waals surface area contributed by atoms with Crippen LogP contribution in [0.25, 0.3) is 5.69 Å². The van der Waals surface area contributed by atoms with Crippen molar-refractivity contribution in [2.75, 3.05) is 19.6 Å². The van der Waals surface area contributed by atoms with E-state index in [0.29, 0.717) is 11.2 Å². The average molecular weight is 370 g/mol. The van der Waals surface area contributed by atoms with Crippen molar-refractivity contribution in [2.45, 2.75) is 19.0 Å². The predicted octanol–water partition coefficient (Wildman–Crippen LogP) is 2.76. The molecular weight excluding hydrogens is 352 g/mol. The Balaban J connectivity index is 1.87. The number of aromatic nitrogens is 2. The summed E-state index contributed by atoms with van der Waals surface area (Å²) in [5.41, 5.74) is -2.28. The maximum Gasteiger partial charge on any atom is 0.434 e. The van der Waals surface area contributed by atoms with Gasteiger partial charge in [-0.1, -0.05) is 12.1 Å². The van der Waals surface area contributed by atoms with E-state index in [-0.39, 0.29) is 18.2 Å².